The van der Waals surface area contributed by atoms with Crippen LogP contribution in [0, 0.1) is 11.8 Å². The van der Waals surface area contributed by atoms with Crippen LogP contribution in [0.3, 0.4) is 0 Å². The number of allylic oxidation sites excluding steroid dienone is 4. The van der Waals surface area contributed by atoms with Gasteiger partial charge in [-0.05, 0) is 45.4 Å². The zero-order valence-corrected chi connectivity index (χ0v) is 10.1. The van der Waals surface area contributed by atoms with Crippen LogP contribution in [0.25, 0.3) is 0 Å². The van der Waals surface area contributed by atoms with Gasteiger partial charge >= 0.3 is 0 Å². The third-order valence-electron chi connectivity index (χ3n) is 3.17. The van der Waals surface area contributed by atoms with Crippen molar-refractivity contribution in [3.63, 3.8) is 0 Å². The van der Waals surface area contributed by atoms with Crippen molar-refractivity contribution in [1.82, 2.24) is 0 Å². The maximum absolute atomic E-state index is 10.7. The number of carbonyl (C=O) groups is 1. The summed E-state index contributed by atoms with van der Waals surface area (Å²) in [4.78, 5) is 10.7. The van der Waals surface area contributed by atoms with Crippen LogP contribution in [0.15, 0.2) is 23.3 Å². The van der Waals surface area contributed by atoms with Gasteiger partial charge in [0.1, 0.15) is 6.29 Å². The summed E-state index contributed by atoms with van der Waals surface area (Å²) in [5, 5.41) is 0. The molecule has 0 spiro atoms. The Morgan fingerprint density at radius 2 is 2.27 bits per heavy atom. The highest BCUT2D eigenvalue weighted by molar-refractivity contribution is 5.55. The summed E-state index contributed by atoms with van der Waals surface area (Å²) < 4.78 is 0. The third kappa shape index (κ3) is 4.03. The van der Waals surface area contributed by atoms with Crippen molar-refractivity contribution in [2.24, 2.45) is 11.8 Å². The topological polar surface area (TPSA) is 17.1 Å². The highest BCUT2D eigenvalue weighted by Crippen LogP contribution is 2.29. The lowest BCUT2D eigenvalue weighted by Crippen LogP contribution is -2.16. The van der Waals surface area contributed by atoms with Crippen LogP contribution < -0.4 is 0 Å². The van der Waals surface area contributed by atoms with E-state index in [0.29, 0.717) is 5.92 Å². The van der Waals surface area contributed by atoms with Crippen LogP contribution in [0.2, 0.25) is 0 Å². The van der Waals surface area contributed by atoms with E-state index in [0.717, 1.165) is 25.5 Å². The second kappa shape index (κ2) is 5.89. The Labute approximate surface area is 93.3 Å². The first-order valence-corrected chi connectivity index (χ1v) is 5.91. The third-order valence-corrected chi connectivity index (χ3v) is 3.17. The average molecular weight is 206 g/mol. The number of aldehydes is 1. The Kier molecular flexibility index (Phi) is 4.80. The summed E-state index contributed by atoms with van der Waals surface area (Å²) in [5.41, 5.74) is 2.93. The molecule has 0 saturated carbocycles. The standard InChI is InChI=1S/C14H22O/c1-11(2)5-4-6-13-7-8-14(10-15)12(3)9-13/h5,9-10,12,14H,4,6-8H2,1-3H3/t12-,14-/m0/s1. The van der Waals surface area contributed by atoms with Crippen molar-refractivity contribution < 1.29 is 4.79 Å². The fraction of sp³-hybridized carbons (Fsp3) is 0.643. The van der Waals surface area contributed by atoms with E-state index in [4.69, 9.17) is 0 Å². The largest absolute Gasteiger partial charge is 0.303 e. The molecule has 0 heterocycles. The van der Waals surface area contributed by atoms with Gasteiger partial charge in [0.15, 0.2) is 0 Å². The predicted molar refractivity (Wildman–Crippen MR) is 64.7 cm³/mol. The number of rotatable bonds is 4. The lowest BCUT2D eigenvalue weighted by atomic mass is 9.81. The summed E-state index contributed by atoms with van der Waals surface area (Å²) in [6, 6.07) is 0. The van der Waals surface area contributed by atoms with E-state index in [2.05, 4.69) is 32.9 Å². The van der Waals surface area contributed by atoms with Crippen molar-refractivity contribution in [2.45, 2.75) is 46.5 Å². The summed E-state index contributed by atoms with van der Waals surface area (Å²) >= 11 is 0. The van der Waals surface area contributed by atoms with Gasteiger partial charge in [-0.3, -0.25) is 0 Å². The molecule has 0 fully saturated rings. The first-order valence-electron chi connectivity index (χ1n) is 5.91. The van der Waals surface area contributed by atoms with E-state index in [1.165, 1.54) is 17.6 Å². The van der Waals surface area contributed by atoms with Crippen molar-refractivity contribution in [1.29, 1.82) is 0 Å². The molecule has 0 aromatic carbocycles. The number of carbonyl (C=O) groups excluding carboxylic acids is 1. The summed E-state index contributed by atoms with van der Waals surface area (Å²) in [6.45, 7) is 6.43. The SMILES string of the molecule is CC(C)=CCCC1=C[C@H](C)[C@H](C=O)CC1. The van der Waals surface area contributed by atoms with Crippen LogP contribution in [-0.4, -0.2) is 6.29 Å². The van der Waals surface area contributed by atoms with Gasteiger partial charge < -0.3 is 4.79 Å². The van der Waals surface area contributed by atoms with E-state index in [9.17, 15) is 4.79 Å². The van der Waals surface area contributed by atoms with Gasteiger partial charge in [0.05, 0.1) is 0 Å². The molecule has 0 amide bonds. The normalized spacial score (nSPS) is 25.7. The quantitative estimate of drug-likeness (QED) is 0.503. The first kappa shape index (κ1) is 12.2. The van der Waals surface area contributed by atoms with Gasteiger partial charge in [-0.2, -0.15) is 0 Å². The lowest BCUT2D eigenvalue weighted by molar-refractivity contribution is -0.112. The summed E-state index contributed by atoms with van der Waals surface area (Å²) in [6.07, 6.45) is 10.2. The maximum atomic E-state index is 10.7. The van der Waals surface area contributed by atoms with E-state index in [1.54, 1.807) is 0 Å². The molecule has 2 atom stereocenters. The molecule has 0 radical (unpaired) electrons. The van der Waals surface area contributed by atoms with Gasteiger partial charge in [0.25, 0.3) is 0 Å². The number of hydrogen-bond acceptors (Lipinski definition) is 1. The van der Waals surface area contributed by atoms with Crippen molar-refractivity contribution in [3.05, 3.63) is 23.3 Å². The fourth-order valence-corrected chi connectivity index (χ4v) is 2.14. The highest BCUT2D eigenvalue weighted by Gasteiger charge is 2.19. The van der Waals surface area contributed by atoms with E-state index in [1.807, 2.05) is 0 Å². The highest BCUT2D eigenvalue weighted by atomic mass is 16.1. The van der Waals surface area contributed by atoms with Gasteiger partial charge in [-0.25, -0.2) is 0 Å². The van der Waals surface area contributed by atoms with Crippen LogP contribution in [0.4, 0.5) is 0 Å². The van der Waals surface area contributed by atoms with Crippen molar-refractivity contribution in [2.75, 3.05) is 0 Å². The fourth-order valence-electron chi connectivity index (χ4n) is 2.14. The molecule has 0 bridgehead atoms. The summed E-state index contributed by atoms with van der Waals surface area (Å²) in [5.74, 6) is 0.704. The van der Waals surface area contributed by atoms with Crippen molar-refractivity contribution in [3.8, 4) is 0 Å². The Balaban J connectivity index is 2.44. The first-order chi connectivity index (χ1) is 7.13. The average Bonchev–Trinajstić information content (AvgIpc) is 2.17. The zero-order chi connectivity index (χ0) is 11.3. The zero-order valence-electron chi connectivity index (χ0n) is 10.1. The van der Waals surface area contributed by atoms with Gasteiger partial charge in [-0.15, -0.1) is 0 Å². The monoisotopic (exact) mass is 206 g/mol. The molecule has 1 aliphatic carbocycles. The predicted octanol–water partition coefficient (Wildman–Crippen LogP) is 3.90. The molecule has 0 aromatic rings. The second-order valence-electron chi connectivity index (χ2n) is 4.84. The molecular weight excluding hydrogens is 184 g/mol. The molecule has 0 aromatic heterocycles. The molecular formula is C14H22O. The molecule has 0 aliphatic heterocycles. The molecule has 0 N–H and O–H groups in total. The van der Waals surface area contributed by atoms with E-state index < -0.39 is 0 Å². The van der Waals surface area contributed by atoms with E-state index in [-0.39, 0.29) is 5.92 Å². The van der Waals surface area contributed by atoms with Crippen LogP contribution >= 0.6 is 0 Å². The lowest BCUT2D eigenvalue weighted by Gasteiger charge is -2.23. The molecule has 84 valence electrons. The molecule has 1 nitrogen and oxygen atoms in total. The van der Waals surface area contributed by atoms with Crippen LogP contribution in [0.1, 0.15) is 46.5 Å². The van der Waals surface area contributed by atoms with Crippen molar-refractivity contribution >= 4 is 6.29 Å². The molecule has 1 rings (SSSR count). The molecule has 0 unspecified atom stereocenters. The molecule has 15 heavy (non-hydrogen) atoms. The van der Waals surface area contributed by atoms with Gasteiger partial charge in [0, 0.05) is 5.92 Å². The van der Waals surface area contributed by atoms with Crippen LogP contribution in [-0.2, 0) is 4.79 Å². The van der Waals surface area contributed by atoms with E-state index >= 15 is 0 Å². The Hall–Kier alpha value is -0.850. The number of hydrogen-bond donors (Lipinski definition) is 0. The Morgan fingerprint density at radius 3 is 2.80 bits per heavy atom. The molecule has 1 aliphatic rings. The minimum atomic E-state index is 0.261. The Morgan fingerprint density at radius 1 is 1.53 bits per heavy atom. The minimum Gasteiger partial charge on any atom is -0.303 e. The van der Waals surface area contributed by atoms with Gasteiger partial charge in [0.2, 0.25) is 0 Å². The van der Waals surface area contributed by atoms with Gasteiger partial charge in [-0.1, -0.05) is 30.2 Å². The minimum absolute atomic E-state index is 0.261. The molecule has 0 saturated heterocycles. The molecule has 1 heteroatoms. The maximum Gasteiger partial charge on any atom is 0.123 e. The smallest absolute Gasteiger partial charge is 0.123 e. The second-order valence-corrected chi connectivity index (χ2v) is 4.84. The van der Waals surface area contributed by atoms with Crippen LogP contribution in [0.5, 0.6) is 0 Å². The Bertz CT molecular complexity index is 269. The summed E-state index contributed by atoms with van der Waals surface area (Å²) in [7, 11) is 0.